The van der Waals surface area contributed by atoms with Crippen LogP contribution in [0.5, 0.6) is 0 Å². The van der Waals surface area contributed by atoms with Crippen molar-refractivity contribution in [3.05, 3.63) is 0 Å². The van der Waals surface area contributed by atoms with Crippen molar-refractivity contribution in [3.8, 4) is 0 Å². The van der Waals surface area contributed by atoms with Gasteiger partial charge in [-0.3, -0.25) is 4.79 Å². The van der Waals surface area contributed by atoms with Crippen molar-refractivity contribution in [1.82, 2.24) is 4.90 Å². The van der Waals surface area contributed by atoms with Crippen LogP contribution in [0.25, 0.3) is 0 Å². The lowest BCUT2D eigenvalue weighted by Gasteiger charge is -2.34. The van der Waals surface area contributed by atoms with Gasteiger partial charge in [0.2, 0.25) is 5.91 Å². The van der Waals surface area contributed by atoms with E-state index in [0.717, 1.165) is 0 Å². The molecule has 1 aliphatic rings. The summed E-state index contributed by atoms with van der Waals surface area (Å²) in [7, 11) is 0. The van der Waals surface area contributed by atoms with Gasteiger partial charge in [0.05, 0.1) is 12.0 Å². The summed E-state index contributed by atoms with van der Waals surface area (Å²) in [6.45, 7) is 3.96. The molecule has 0 aromatic carbocycles. The Balaban J connectivity index is 2.50. The van der Waals surface area contributed by atoms with Gasteiger partial charge in [-0.15, -0.1) is 0 Å². The first kappa shape index (κ1) is 14.3. The molecule has 1 aliphatic heterocycles. The quantitative estimate of drug-likeness (QED) is 0.814. The summed E-state index contributed by atoms with van der Waals surface area (Å²) in [5, 5.41) is 0. The van der Waals surface area contributed by atoms with Crippen molar-refractivity contribution in [1.29, 1.82) is 0 Å². The lowest BCUT2D eigenvalue weighted by atomic mass is 9.95. The highest BCUT2D eigenvalue weighted by atomic mass is 19.4. The molecule has 6 heteroatoms. The largest absolute Gasteiger partial charge is 0.391 e. The Hall–Kier alpha value is -0.780. The second kappa shape index (κ2) is 5.25. The molecule has 0 bridgehead atoms. The van der Waals surface area contributed by atoms with Crippen molar-refractivity contribution >= 4 is 5.91 Å². The Morgan fingerprint density at radius 1 is 1.29 bits per heavy atom. The number of hydrogen-bond donors (Lipinski definition) is 1. The molecule has 1 atom stereocenters. The SMILES string of the molecule is CC(C)C(N)C(=O)N1CCC(C(F)(F)F)CC1. The fourth-order valence-electron chi connectivity index (χ4n) is 1.92. The topological polar surface area (TPSA) is 46.3 Å². The second-order valence-electron chi connectivity index (χ2n) is 4.91. The van der Waals surface area contributed by atoms with Crippen LogP contribution in [-0.4, -0.2) is 36.1 Å². The Kier molecular flexibility index (Phi) is 4.41. The van der Waals surface area contributed by atoms with E-state index in [-0.39, 0.29) is 37.8 Å². The molecule has 1 saturated heterocycles. The van der Waals surface area contributed by atoms with Crippen LogP contribution in [0.15, 0.2) is 0 Å². The Bertz CT molecular complexity index is 270. The molecule has 1 unspecified atom stereocenters. The molecule has 100 valence electrons. The number of nitrogens with two attached hydrogens (primary N) is 1. The van der Waals surface area contributed by atoms with Crippen LogP contribution in [0.3, 0.4) is 0 Å². The van der Waals surface area contributed by atoms with E-state index in [1.807, 2.05) is 13.8 Å². The maximum atomic E-state index is 12.4. The molecular formula is C11H19F3N2O. The third-order valence-electron chi connectivity index (χ3n) is 3.27. The van der Waals surface area contributed by atoms with E-state index in [1.54, 1.807) is 0 Å². The number of alkyl halides is 3. The van der Waals surface area contributed by atoms with Crippen molar-refractivity contribution < 1.29 is 18.0 Å². The lowest BCUT2D eigenvalue weighted by molar-refractivity contribution is -0.186. The highest BCUT2D eigenvalue weighted by molar-refractivity contribution is 5.82. The van der Waals surface area contributed by atoms with Crippen LogP contribution in [0.1, 0.15) is 26.7 Å². The third-order valence-corrected chi connectivity index (χ3v) is 3.27. The van der Waals surface area contributed by atoms with E-state index in [0.29, 0.717) is 0 Å². The Morgan fingerprint density at radius 2 is 1.76 bits per heavy atom. The van der Waals surface area contributed by atoms with Gasteiger partial charge in [0.15, 0.2) is 0 Å². The van der Waals surface area contributed by atoms with Gasteiger partial charge in [-0.05, 0) is 18.8 Å². The maximum Gasteiger partial charge on any atom is 0.391 e. The van der Waals surface area contributed by atoms with Crippen LogP contribution in [-0.2, 0) is 4.79 Å². The number of carbonyl (C=O) groups is 1. The average Bonchev–Trinajstić information content (AvgIpc) is 2.26. The average molecular weight is 252 g/mol. The maximum absolute atomic E-state index is 12.4. The third kappa shape index (κ3) is 3.59. The molecule has 3 nitrogen and oxygen atoms in total. The van der Waals surface area contributed by atoms with E-state index in [2.05, 4.69) is 0 Å². The summed E-state index contributed by atoms with van der Waals surface area (Å²) in [5.41, 5.74) is 5.70. The van der Waals surface area contributed by atoms with E-state index >= 15 is 0 Å². The van der Waals surface area contributed by atoms with Crippen LogP contribution in [0.4, 0.5) is 13.2 Å². The normalized spacial score (nSPS) is 20.8. The first-order chi connectivity index (χ1) is 7.73. The molecule has 0 saturated carbocycles. The molecule has 0 spiro atoms. The minimum atomic E-state index is -4.14. The van der Waals surface area contributed by atoms with Crippen molar-refractivity contribution in [2.75, 3.05) is 13.1 Å². The zero-order valence-electron chi connectivity index (χ0n) is 10.1. The lowest BCUT2D eigenvalue weighted by Crippen LogP contribution is -2.50. The van der Waals surface area contributed by atoms with Crippen molar-refractivity contribution in [2.45, 2.75) is 38.9 Å². The molecule has 0 aromatic rings. The molecule has 17 heavy (non-hydrogen) atoms. The predicted molar refractivity (Wildman–Crippen MR) is 58.2 cm³/mol. The zero-order valence-corrected chi connectivity index (χ0v) is 10.1. The first-order valence-electron chi connectivity index (χ1n) is 5.84. The number of rotatable bonds is 2. The van der Waals surface area contributed by atoms with E-state index < -0.39 is 18.1 Å². The summed E-state index contributed by atoms with van der Waals surface area (Å²) in [4.78, 5) is 13.3. The molecule has 1 heterocycles. The Morgan fingerprint density at radius 3 is 2.12 bits per heavy atom. The minimum Gasteiger partial charge on any atom is -0.341 e. The van der Waals surface area contributed by atoms with Gasteiger partial charge in [0.25, 0.3) is 0 Å². The standard InChI is InChI=1S/C11H19F3N2O/c1-7(2)9(15)10(17)16-5-3-8(4-6-16)11(12,13)14/h7-9H,3-6,15H2,1-2H3. The molecule has 2 N–H and O–H groups in total. The summed E-state index contributed by atoms with van der Waals surface area (Å²) >= 11 is 0. The van der Waals surface area contributed by atoms with Crippen LogP contribution >= 0.6 is 0 Å². The summed E-state index contributed by atoms with van der Waals surface area (Å²) in [6, 6.07) is -0.613. The second-order valence-corrected chi connectivity index (χ2v) is 4.91. The smallest absolute Gasteiger partial charge is 0.341 e. The Labute approximate surface area is 99.1 Å². The first-order valence-corrected chi connectivity index (χ1v) is 5.84. The number of amides is 1. The van der Waals surface area contributed by atoms with Crippen molar-refractivity contribution in [3.63, 3.8) is 0 Å². The van der Waals surface area contributed by atoms with Gasteiger partial charge in [0, 0.05) is 13.1 Å². The number of nitrogens with zero attached hydrogens (tertiary/aromatic N) is 1. The predicted octanol–water partition coefficient (Wildman–Crippen LogP) is 1.77. The zero-order chi connectivity index (χ0) is 13.2. The van der Waals surface area contributed by atoms with Gasteiger partial charge >= 0.3 is 6.18 Å². The summed E-state index contributed by atoms with van der Waals surface area (Å²) in [5.74, 6) is -1.51. The van der Waals surface area contributed by atoms with Gasteiger partial charge in [0.1, 0.15) is 0 Å². The minimum absolute atomic E-state index is 0.00263. The van der Waals surface area contributed by atoms with E-state index in [4.69, 9.17) is 5.73 Å². The van der Waals surface area contributed by atoms with E-state index in [9.17, 15) is 18.0 Å². The summed E-state index contributed by atoms with van der Waals surface area (Å²) < 4.78 is 37.3. The molecular weight excluding hydrogens is 233 g/mol. The van der Waals surface area contributed by atoms with Crippen LogP contribution < -0.4 is 5.73 Å². The van der Waals surface area contributed by atoms with Gasteiger partial charge in [-0.1, -0.05) is 13.8 Å². The van der Waals surface area contributed by atoms with Crippen molar-refractivity contribution in [2.24, 2.45) is 17.6 Å². The van der Waals surface area contributed by atoms with Crippen LogP contribution in [0.2, 0.25) is 0 Å². The molecule has 1 amide bonds. The van der Waals surface area contributed by atoms with Gasteiger partial charge in [-0.25, -0.2) is 0 Å². The number of carbonyl (C=O) groups excluding carboxylic acids is 1. The molecule has 1 fully saturated rings. The molecule has 1 rings (SSSR count). The summed E-state index contributed by atoms with van der Waals surface area (Å²) in [6.07, 6.45) is -4.17. The highest BCUT2D eigenvalue weighted by Crippen LogP contribution is 2.34. The fraction of sp³-hybridized carbons (Fsp3) is 0.909. The monoisotopic (exact) mass is 252 g/mol. The van der Waals surface area contributed by atoms with Gasteiger partial charge in [-0.2, -0.15) is 13.2 Å². The molecule has 0 aliphatic carbocycles. The van der Waals surface area contributed by atoms with Gasteiger partial charge < -0.3 is 10.6 Å². The number of piperidine rings is 1. The fourth-order valence-corrected chi connectivity index (χ4v) is 1.92. The van der Waals surface area contributed by atoms with Crippen LogP contribution in [0, 0.1) is 11.8 Å². The number of halogens is 3. The molecule has 0 radical (unpaired) electrons. The van der Waals surface area contributed by atoms with E-state index in [1.165, 1.54) is 4.90 Å². The molecule has 0 aromatic heterocycles. The number of likely N-dealkylation sites (tertiary alicyclic amines) is 1. The number of hydrogen-bond acceptors (Lipinski definition) is 2. The highest BCUT2D eigenvalue weighted by Gasteiger charge is 2.42.